The lowest BCUT2D eigenvalue weighted by Crippen LogP contribution is -2.42. The normalized spacial score (nSPS) is 15.0. The number of rotatable bonds is 8. The van der Waals surface area contributed by atoms with Gasteiger partial charge in [0.2, 0.25) is 10.0 Å². The molecule has 3 rings (SSSR count). The Labute approximate surface area is 177 Å². The maximum atomic E-state index is 13.4. The van der Waals surface area contributed by atoms with Gasteiger partial charge < -0.3 is 14.6 Å². The Morgan fingerprint density at radius 3 is 2.34 bits per heavy atom. The molecule has 1 N–H and O–H groups in total. The molecule has 158 valence electrons. The Hall–Kier alpha value is -1.80. The van der Waals surface area contributed by atoms with Crippen LogP contribution in [0.3, 0.4) is 0 Å². The van der Waals surface area contributed by atoms with Gasteiger partial charge in [-0.25, -0.2) is 8.42 Å². The first kappa shape index (κ1) is 21.9. The van der Waals surface area contributed by atoms with E-state index in [0.29, 0.717) is 36.2 Å². The number of hydrogen-bond donors (Lipinski definition) is 1. The summed E-state index contributed by atoms with van der Waals surface area (Å²) in [5, 5.41) is 10.5. The summed E-state index contributed by atoms with van der Waals surface area (Å²) in [6.07, 6.45) is 0.536. The number of fused-ring (bicyclic) bond motifs is 1. The zero-order valence-electron chi connectivity index (χ0n) is 16.5. The molecule has 8 heteroatoms. The summed E-state index contributed by atoms with van der Waals surface area (Å²) in [6, 6.07) is 10.9. The SMILES string of the molecule is CC(C)CC(CO)N(Cc1ccc2c(c1)OCCO2)S(=O)(=O)c1ccc(Cl)cc1. The van der Waals surface area contributed by atoms with E-state index in [1.807, 2.05) is 19.9 Å². The van der Waals surface area contributed by atoms with Crippen LogP contribution in [-0.2, 0) is 16.6 Å². The number of aliphatic hydroxyl groups is 1. The van der Waals surface area contributed by atoms with Gasteiger partial charge >= 0.3 is 0 Å². The molecular formula is C21H26ClNO5S. The Morgan fingerprint density at radius 1 is 1.07 bits per heavy atom. The number of benzene rings is 2. The summed E-state index contributed by atoms with van der Waals surface area (Å²) in [6.45, 7) is 4.79. The van der Waals surface area contributed by atoms with E-state index in [9.17, 15) is 13.5 Å². The summed E-state index contributed by atoms with van der Waals surface area (Å²) >= 11 is 5.92. The van der Waals surface area contributed by atoms with Crippen LogP contribution in [-0.4, -0.2) is 43.7 Å². The second kappa shape index (κ2) is 9.34. The smallest absolute Gasteiger partial charge is 0.243 e. The number of ether oxygens (including phenoxy) is 2. The first-order chi connectivity index (χ1) is 13.8. The fourth-order valence-electron chi connectivity index (χ4n) is 3.35. The van der Waals surface area contributed by atoms with Crippen LogP contribution in [0.5, 0.6) is 11.5 Å². The standard InChI is InChI=1S/C21H26ClNO5S/c1-15(2)11-18(14-24)23(29(25,26)19-6-4-17(22)5-7-19)13-16-3-8-20-21(12-16)28-10-9-27-20/h3-8,12,15,18,24H,9-11,13-14H2,1-2H3. The van der Waals surface area contributed by atoms with Crippen molar-refractivity contribution in [2.75, 3.05) is 19.8 Å². The highest BCUT2D eigenvalue weighted by molar-refractivity contribution is 7.89. The van der Waals surface area contributed by atoms with Crippen molar-refractivity contribution in [1.29, 1.82) is 0 Å². The molecule has 1 heterocycles. The maximum Gasteiger partial charge on any atom is 0.243 e. The van der Waals surface area contributed by atoms with Gasteiger partial charge in [0.05, 0.1) is 11.5 Å². The van der Waals surface area contributed by atoms with Crippen molar-refractivity contribution in [2.24, 2.45) is 5.92 Å². The average Bonchev–Trinajstić information content (AvgIpc) is 2.70. The van der Waals surface area contributed by atoms with Crippen LogP contribution < -0.4 is 9.47 Å². The van der Waals surface area contributed by atoms with Crippen LogP contribution in [0.4, 0.5) is 0 Å². The van der Waals surface area contributed by atoms with Crippen LogP contribution in [0.25, 0.3) is 0 Å². The maximum absolute atomic E-state index is 13.4. The summed E-state index contributed by atoms with van der Waals surface area (Å²) in [7, 11) is -3.85. The highest BCUT2D eigenvalue weighted by atomic mass is 35.5. The van der Waals surface area contributed by atoms with E-state index in [2.05, 4.69) is 0 Å². The van der Waals surface area contributed by atoms with Crippen LogP contribution in [0.2, 0.25) is 5.02 Å². The van der Waals surface area contributed by atoms with Gasteiger partial charge in [0.15, 0.2) is 11.5 Å². The van der Waals surface area contributed by atoms with Gasteiger partial charge in [0.1, 0.15) is 13.2 Å². The fourth-order valence-corrected chi connectivity index (χ4v) is 5.09. The minimum Gasteiger partial charge on any atom is -0.486 e. The molecule has 1 unspecified atom stereocenters. The first-order valence-corrected chi connectivity index (χ1v) is 11.4. The number of hydrogen-bond acceptors (Lipinski definition) is 5. The zero-order valence-corrected chi connectivity index (χ0v) is 18.1. The van der Waals surface area contributed by atoms with Gasteiger partial charge in [-0.1, -0.05) is 31.5 Å². The fraction of sp³-hybridized carbons (Fsp3) is 0.429. The molecule has 0 saturated heterocycles. The Morgan fingerprint density at radius 2 is 1.72 bits per heavy atom. The summed E-state index contributed by atoms with van der Waals surface area (Å²) in [4.78, 5) is 0.140. The van der Waals surface area contributed by atoms with Gasteiger partial charge in [0, 0.05) is 17.6 Å². The molecule has 2 aromatic rings. The van der Waals surface area contributed by atoms with Crippen molar-refractivity contribution in [2.45, 2.75) is 37.8 Å². The van der Waals surface area contributed by atoms with Crippen LogP contribution in [0, 0.1) is 5.92 Å². The molecule has 29 heavy (non-hydrogen) atoms. The molecule has 0 aromatic heterocycles. The molecule has 0 aliphatic carbocycles. The van der Waals surface area contributed by atoms with Gasteiger partial charge in [-0.2, -0.15) is 4.31 Å². The molecule has 0 amide bonds. The van der Waals surface area contributed by atoms with E-state index in [1.165, 1.54) is 16.4 Å². The summed E-state index contributed by atoms with van der Waals surface area (Å²) < 4.78 is 39.4. The molecule has 0 fully saturated rings. The molecule has 0 saturated carbocycles. The number of nitrogens with zero attached hydrogens (tertiary/aromatic N) is 1. The lowest BCUT2D eigenvalue weighted by Gasteiger charge is -2.31. The Bertz CT molecular complexity index is 931. The molecule has 0 spiro atoms. The monoisotopic (exact) mass is 439 g/mol. The molecule has 2 aromatic carbocycles. The molecular weight excluding hydrogens is 414 g/mol. The third-order valence-corrected chi connectivity index (χ3v) is 6.89. The second-order valence-electron chi connectivity index (χ2n) is 7.45. The Balaban J connectivity index is 1.97. The van der Waals surface area contributed by atoms with E-state index in [0.717, 1.165) is 5.56 Å². The molecule has 0 bridgehead atoms. The summed E-state index contributed by atoms with van der Waals surface area (Å²) in [5.41, 5.74) is 0.758. The lowest BCUT2D eigenvalue weighted by molar-refractivity contribution is 0.162. The van der Waals surface area contributed by atoms with E-state index in [4.69, 9.17) is 21.1 Å². The van der Waals surface area contributed by atoms with Crippen molar-refractivity contribution in [1.82, 2.24) is 4.31 Å². The predicted octanol–water partition coefficient (Wildman–Crippen LogP) is 3.71. The van der Waals surface area contributed by atoms with Crippen molar-refractivity contribution in [3.05, 3.63) is 53.1 Å². The van der Waals surface area contributed by atoms with E-state index >= 15 is 0 Å². The number of halogens is 1. The van der Waals surface area contributed by atoms with Gasteiger partial charge in [-0.15, -0.1) is 0 Å². The van der Waals surface area contributed by atoms with Gasteiger partial charge in [-0.05, 0) is 54.3 Å². The molecule has 1 aliphatic rings. The second-order valence-corrected chi connectivity index (χ2v) is 9.78. The van der Waals surface area contributed by atoms with Crippen LogP contribution in [0.1, 0.15) is 25.8 Å². The van der Waals surface area contributed by atoms with E-state index in [1.54, 1.807) is 24.3 Å². The third kappa shape index (κ3) is 5.22. The van der Waals surface area contributed by atoms with E-state index < -0.39 is 16.1 Å². The van der Waals surface area contributed by atoms with E-state index in [-0.39, 0.29) is 24.0 Å². The summed E-state index contributed by atoms with van der Waals surface area (Å²) in [5.74, 6) is 1.46. The minimum atomic E-state index is -3.85. The molecule has 1 atom stereocenters. The third-order valence-electron chi connectivity index (χ3n) is 4.73. The van der Waals surface area contributed by atoms with Gasteiger partial charge in [0.25, 0.3) is 0 Å². The molecule has 1 aliphatic heterocycles. The minimum absolute atomic E-state index is 0.111. The topological polar surface area (TPSA) is 76.1 Å². The quantitative estimate of drug-likeness (QED) is 0.678. The largest absolute Gasteiger partial charge is 0.486 e. The van der Waals surface area contributed by atoms with Crippen molar-refractivity contribution >= 4 is 21.6 Å². The highest BCUT2D eigenvalue weighted by Crippen LogP contribution is 2.32. The average molecular weight is 440 g/mol. The number of aliphatic hydroxyl groups excluding tert-OH is 1. The van der Waals surface area contributed by atoms with Crippen molar-refractivity contribution in [3.8, 4) is 11.5 Å². The van der Waals surface area contributed by atoms with Crippen LogP contribution >= 0.6 is 11.6 Å². The predicted molar refractivity (Wildman–Crippen MR) is 112 cm³/mol. The zero-order chi connectivity index (χ0) is 21.0. The van der Waals surface area contributed by atoms with Crippen LogP contribution in [0.15, 0.2) is 47.4 Å². The Kier molecular flexibility index (Phi) is 7.05. The molecule has 0 radical (unpaired) electrons. The van der Waals surface area contributed by atoms with Crippen molar-refractivity contribution in [3.63, 3.8) is 0 Å². The lowest BCUT2D eigenvalue weighted by atomic mass is 10.0. The molecule has 6 nitrogen and oxygen atoms in total. The first-order valence-electron chi connectivity index (χ1n) is 9.58. The van der Waals surface area contributed by atoms with Crippen molar-refractivity contribution < 1.29 is 23.0 Å². The van der Waals surface area contributed by atoms with Gasteiger partial charge in [-0.3, -0.25) is 0 Å². The number of sulfonamides is 1. The highest BCUT2D eigenvalue weighted by Gasteiger charge is 2.32.